The minimum atomic E-state index is -2.91. The predicted molar refractivity (Wildman–Crippen MR) is 80.2 cm³/mol. The largest absolute Gasteiger partial charge is 0.272 e. The van der Waals surface area contributed by atoms with Gasteiger partial charge >= 0.3 is 0 Å². The summed E-state index contributed by atoms with van der Waals surface area (Å²) in [6.45, 7) is 8.26. The van der Waals surface area contributed by atoms with Gasteiger partial charge < -0.3 is 0 Å². The molecular weight excluding hydrogens is 342 g/mol. The smallest absolute Gasteiger partial charge is 0.229 e. The topological polar surface area (TPSA) is 37.1 Å². The lowest BCUT2D eigenvalue weighted by Gasteiger charge is -2.25. The minimum Gasteiger partial charge on any atom is -0.229 e. The monoisotopic (exact) mass is 358 g/mol. The molecule has 0 radical (unpaired) electrons. The van der Waals surface area contributed by atoms with Crippen molar-refractivity contribution < 1.29 is 13.0 Å². The van der Waals surface area contributed by atoms with Gasteiger partial charge in [0.05, 0.1) is 16.3 Å². The summed E-state index contributed by atoms with van der Waals surface area (Å²) in [5, 5.41) is 0. The number of nitrogens with zero attached hydrogens (tertiary/aromatic N) is 1. The Morgan fingerprint density at radius 3 is 2.35 bits per heavy atom. The summed E-state index contributed by atoms with van der Waals surface area (Å²) in [7, 11) is -2.91. The van der Waals surface area contributed by atoms with E-state index in [2.05, 4.69) is 41.3 Å². The van der Waals surface area contributed by atoms with Gasteiger partial charge in [0.25, 0.3) is 4.38 Å². The van der Waals surface area contributed by atoms with E-state index in [1.165, 1.54) is 4.38 Å². The second-order valence-corrected chi connectivity index (χ2v) is 11.6. The lowest BCUT2D eigenvalue weighted by molar-refractivity contribution is -0.515. The first-order valence-electron chi connectivity index (χ1n) is 5.64. The molecule has 7 heteroatoms. The number of thioether (sulfide) groups is 2. The molecule has 2 heterocycles. The van der Waals surface area contributed by atoms with Crippen LogP contribution in [0.5, 0.6) is 0 Å². The third kappa shape index (κ3) is 2.32. The molecule has 3 nitrogen and oxygen atoms in total. The molecule has 0 amide bonds. The van der Waals surface area contributed by atoms with Gasteiger partial charge in [-0.3, -0.25) is 0 Å². The van der Waals surface area contributed by atoms with E-state index in [4.69, 9.17) is 0 Å². The third-order valence-corrected chi connectivity index (χ3v) is 11.2. The van der Waals surface area contributed by atoms with Gasteiger partial charge in [-0.25, -0.2) is 13.0 Å². The Labute approximate surface area is 120 Å². The average molecular weight is 359 g/mol. The Balaban J connectivity index is 2.38. The van der Waals surface area contributed by atoms with Crippen molar-refractivity contribution in [2.24, 2.45) is 0 Å². The highest BCUT2D eigenvalue weighted by Gasteiger charge is 2.65. The summed E-state index contributed by atoms with van der Waals surface area (Å²) in [4.78, 5) is 0. The summed E-state index contributed by atoms with van der Waals surface area (Å²) in [5.74, 6) is 0.507. The Kier molecular flexibility index (Phi) is 3.70. The van der Waals surface area contributed by atoms with Crippen molar-refractivity contribution >= 4 is 53.7 Å². The molecule has 98 valence electrons. The van der Waals surface area contributed by atoms with Crippen LogP contribution >= 0.6 is 39.5 Å². The Morgan fingerprint density at radius 1 is 1.29 bits per heavy atom. The molecule has 17 heavy (non-hydrogen) atoms. The molecule has 2 fully saturated rings. The van der Waals surface area contributed by atoms with Crippen LogP contribution in [0.25, 0.3) is 0 Å². The van der Waals surface area contributed by atoms with Crippen molar-refractivity contribution in [1.29, 1.82) is 0 Å². The van der Waals surface area contributed by atoms with Gasteiger partial charge in [0.15, 0.2) is 9.84 Å². The SMILES string of the molecule is CC[N+](CC)=C1S[C@@]2(C)CS(=O)(=O)C[C@]2(Br)S1. The van der Waals surface area contributed by atoms with Crippen LogP contribution in [0.2, 0.25) is 0 Å². The standard InChI is InChI=1S/C10H17BrNO2S3/c1-4-12(5-2)8-15-9(3)6-17(13,14)7-10(9,11)16-8/h4-7H2,1-3H3/q+1/t9-,10-/m0/s1. The van der Waals surface area contributed by atoms with E-state index in [1.54, 1.807) is 23.5 Å². The lowest BCUT2D eigenvalue weighted by Crippen LogP contribution is -2.36. The highest BCUT2D eigenvalue weighted by atomic mass is 79.9. The van der Waals surface area contributed by atoms with Gasteiger partial charge in [-0.2, -0.15) is 0 Å². The molecule has 0 bridgehead atoms. The number of rotatable bonds is 2. The maximum Gasteiger partial charge on any atom is 0.272 e. The highest BCUT2D eigenvalue weighted by molar-refractivity contribution is 9.12. The lowest BCUT2D eigenvalue weighted by atomic mass is 10.1. The van der Waals surface area contributed by atoms with E-state index in [9.17, 15) is 8.42 Å². The van der Waals surface area contributed by atoms with Crippen LogP contribution in [-0.4, -0.2) is 50.4 Å². The normalized spacial score (nSPS) is 39.4. The van der Waals surface area contributed by atoms with Crippen LogP contribution in [-0.2, 0) is 9.84 Å². The first kappa shape index (κ1) is 14.2. The zero-order valence-electron chi connectivity index (χ0n) is 10.2. The molecule has 0 N–H and O–H groups in total. The van der Waals surface area contributed by atoms with Crippen LogP contribution in [0, 0.1) is 0 Å². The summed E-state index contributed by atoms with van der Waals surface area (Å²) in [6.07, 6.45) is 0. The van der Waals surface area contributed by atoms with Crippen molar-refractivity contribution in [3.05, 3.63) is 0 Å². The fraction of sp³-hybridized carbons (Fsp3) is 0.900. The Morgan fingerprint density at radius 2 is 1.88 bits per heavy atom. The van der Waals surface area contributed by atoms with Crippen molar-refractivity contribution in [3.63, 3.8) is 0 Å². The Hall–Kier alpha value is 0.800. The van der Waals surface area contributed by atoms with Gasteiger partial charge in [0.2, 0.25) is 0 Å². The van der Waals surface area contributed by atoms with Crippen LogP contribution in [0.4, 0.5) is 0 Å². The number of hydrogen-bond donors (Lipinski definition) is 0. The molecule has 0 saturated carbocycles. The van der Waals surface area contributed by atoms with Gasteiger partial charge in [0, 0.05) is 0 Å². The van der Waals surface area contributed by atoms with Gasteiger partial charge in [-0.15, -0.1) is 0 Å². The van der Waals surface area contributed by atoms with Crippen molar-refractivity contribution in [1.82, 2.24) is 0 Å². The van der Waals surface area contributed by atoms with E-state index >= 15 is 0 Å². The van der Waals surface area contributed by atoms with Gasteiger partial charge in [-0.1, -0.05) is 15.9 Å². The minimum absolute atomic E-state index is 0.235. The molecule has 2 atom stereocenters. The number of alkyl halides is 1. The molecule has 0 aromatic heterocycles. The molecule has 0 aromatic carbocycles. The summed E-state index contributed by atoms with van der Waals surface area (Å²) in [5.41, 5.74) is 0. The number of hydrogen-bond acceptors (Lipinski definition) is 4. The summed E-state index contributed by atoms with van der Waals surface area (Å²) < 4.78 is 26.5. The molecular formula is C10H17BrNO2S3+. The quantitative estimate of drug-likeness (QED) is 0.559. The van der Waals surface area contributed by atoms with Crippen LogP contribution in [0.15, 0.2) is 0 Å². The Bertz CT molecular complexity index is 442. The fourth-order valence-corrected chi connectivity index (χ4v) is 11.8. The van der Waals surface area contributed by atoms with Crippen LogP contribution in [0.1, 0.15) is 20.8 Å². The van der Waals surface area contributed by atoms with Gasteiger partial charge in [-0.05, 0) is 44.3 Å². The van der Waals surface area contributed by atoms with Crippen molar-refractivity contribution in [3.8, 4) is 0 Å². The fourth-order valence-electron chi connectivity index (χ4n) is 2.22. The molecule has 2 aliphatic rings. The van der Waals surface area contributed by atoms with Crippen LogP contribution < -0.4 is 0 Å². The third-order valence-electron chi connectivity index (χ3n) is 3.27. The molecule has 0 unspecified atom stereocenters. The van der Waals surface area contributed by atoms with E-state index in [0.717, 1.165) is 13.1 Å². The molecule has 2 aliphatic heterocycles. The van der Waals surface area contributed by atoms with Crippen molar-refractivity contribution in [2.75, 3.05) is 24.6 Å². The van der Waals surface area contributed by atoms with Crippen LogP contribution in [0.3, 0.4) is 0 Å². The first-order chi connectivity index (χ1) is 7.75. The molecule has 2 rings (SSSR count). The van der Waals surface area contributed by atoms with Crippen molar-refractivity contribution in [2.45, 2.75) is 29.2 Å². The van der Waals surface area contributed by atoms with E-state index in [-0.39, 0.29) is 19.9 Å². The van der Waals surface area contributed by atoms with E-state index in [0.29, 0.717) is 0 Å². The van der Waals surface area contributed by atoms with Gasteiger partial charge in [0.1, 0.15) is 16.7 Å². The first-order valence-corrected chi connectivity index (χ1v) is 9.89. The molecule has 0 aliphatic carbocycles. The highest BCUT2D eigenvalue weighted by Crippen LogP contribution is 2.62. The predicted octanol–water partition coefficient (Wildman–Crippen LogP) is 2.15. The summed E-state index contributed by atoms with van der Waals surface area (Å²) in [6, 6.07) is 0. The maximum absolute atomic E-state index is 11.8. The summed E-state index contributed by atoms with van der Waals surface area (Å²) >= 11 is 7.09. The molecule has 0 spiro atoms. The molecule has 0 aromatic rings. The van der Waals surface area contributed by atoms with E-state index in [1.807, 2.05) is 0 Å². The zero-order valence-corrected chi connectivity index (χ0v) is 14.2. The van der Waals surface area contributed by atoms with E-state index < -0.39 is 9.84 Å². The maximum atomic E-state index is 11.8. The number of fused-ring (bicyclic) bond motifs is 1. The number of halogens is 1. The average Bonchev–Trinajstić information content (AvgIpc) is 2.46. The second kappa shape index (κ2) is 4.42. The zero-order chi connectivity index (χ0) is 12.9. The second-order valence-electron chi connectivity index (χ2n) is 4.63. The number of sulfone groups is 1. The molecule has 2 saturated heterocycles.